The fraction of sp³-hybridized carbons (Fsp3) is 0.647. The number of benzene rings is 1. The molecule has 2 unspecified atom stereocenters. The molecule has 0 N–H and O–H groups in total. The Kier molecular flexibility index (Phi) is 5.60. The summed E-state index contributed by atoms with van der Waals surface area (Å²) in [6.07, 6.45) is -0.0369. The molecule has 0 amide bonds. The van der Waals surface area contributed by atoms with Crippen LogP contribution in [-0.2, 0) is 14.9 Å². The van der Waals surface area contributed by atoms with Gasteiger partial charge in [0.1, 0.15) is 5.75 Å². The zero-order chi connectivity index (χ0) is 15.5. The van der Waals surface area contributed by atoms with Gasteiger partial charge in [-0.15, -0.1) is 0 Å². The molecule has 3 nitrogen and oxygen atoms in total. The van der Waals surface area contributed by atoms with Gasteiger partial charge >= 0.3 is 0 Å². The van der Waals surface area contributed by atoms with E-state index in [1.165, 1.54) is 5.56 Å². The van der Waals surface area contributed by atoms with Gasteiger partial charge in [-0.3, -0.25) is 0 Å². The molecule has 20 heavy (non-hydrogen) atoms. The molecule has 3 heteroatoms. The van der Waals surface area contributed by atoms with Crippen molar-refractivity contribution in [2.45, 2.75) is 52.2 Å². The summed E-state index contributed by atoms with van der Waals surface area (Å²) in [7, 11) is 5.13. The van der Waals surface area contributed by atoms with Crippen LogP contribution in [0.25, 0.3) is 0 Å². The summed E-state index contributed by atoms with van der Waals surface area (Å²) < 4.78 is 16.6. The second-order valence-electron chi connectivity index (χ2n) is 6.19. The number of methoxy groups -OCH3 is 3. The van der Waals surface area contributed by atoms with Crippen LogP contribution < -0.4 is 4.74 Å². The topological polar surface area (TPSA) is 27.7 Å². The van der Waals surface area contributed by atoms with Crippen molar-refractivity contribution in [2.75, 3.05) is 21.3 Å². The van der Waals surface area contributed by atoms with Crippen LogP contribution in [0, 0.1) is 0 Å². The van der Waals surface area contributed by atoms with Crippen molar-refractivity contribution in [3.63, 3.8) is 0 Å². The van der Waals surface area contributed by atoms with Gasteiger partial charge in [0.2, 0.25) is 0 Å². The van der Waals surface area contributed by atoms with E-state index in [0.29, 0.717) is 0 Å². The molecule has 0 saturated heterocycles. The molecule has 1 aromatic carbocycles. The Morgan fingerprint density at radius 1 is 0.850 bits per heavy atom. The van der Waals surface area contributed by atoms with Gasteiger partial charge in [0.15, 0.2) is 0 Å². The second kappa shape index (κ2) is 6.59. The normalized spacial score (nSPS) is 15.0. The van der Waals surface area contributed by atoms with Crippen LogP contribution in [-0.4, -0.2) is 21.3 Å². The molecule has 0 aromatic heterocycles. The molecule has 0 bridgehead atoms. The fourth-order valence-electron chi connectivity index (χ4n) is 2.20. The summed E-state index contributed by atoms with van der Waals surface area (Å²) in [6, 6.07) is 4.36. The Hall–Kier alpha value is -1.06. The zero-order valence-electron chi connectivity index (χ0n) is 14.0. The standard InChI is InChI=1S/C17H28O3/c1-11(18-6)14-9-13(17(3,4)5)10-15(12(2)19-7)16(14)20-8/h9-12H,1-8H3. The predicted molar refractivity (Wildman–Crippen MR) is 82.5 cm³/mol. The van der Waals surface area contributed by atoms with E-state index in [1.54, 1.807) is 21.3 Å². The maximum Gasteiger partial charge on any atom is 0.130 e. The zero-order valence-corrected chi connectivity index (χ0v) is 14.0. The summed E-state index contributed by atoms with van der Waals surface area (Å²) in [5, 5.41) is 0. The average molecular weight is 280 g/mol. The minimum absolute atomic E-state index is 0.0185. The number of hydrogen-bond donors (Lipinski definition) is 0. The lowest BCUT2D eigenvalue weighted by Crippen LogP contribution is -2.15. The highest BCUT2D eigenvalue weighted by molar-refractivity contribution is 5.48. The molecule has 0 aliphatic carbocycles. The Bertz CT molecular complexity index is 415. The van der Waals surface area contributed by atoms with E-state index >= 15 is 0 Å². The molecular weight excluding hydrogens is 252 g/mol. The third-order valence-electron chi connectivity index (χ3n) is 3.80. The number of rotatable bonds is 5. The first-order valence-corrected chi connectivity index (χ1v) is 7.04. The Labute approximate surface area is 123 Å². The van der Waals surface area contributed by atoms with Crippen molar-refractivity contribution in [2.24, 2.45) is 0 Å². The van der Waals surface area contributed by atoms with E-state index in [4.69, 9.17) is 14.2 Å². The quantitative estimate of drug-likeness (QED) is 0.799. The molecular formula is C17H28O3. The largest absolute Gasteiger partial charge is 0.496 e. The van der Waals surface area contributed by atoms with Gasteiger partial charge in [-0.05, 0) is 37.0 Å². The first kappa shape index (κ1) is 17.0. The summed E-state index contributed by atoms with van der Waals surface area (Å²) in [4.78, 5) is 0. The van der Waals surface area contributed by atoms with E-state index in [2.05, 4.69) is 32.9 Å². The van der Waals surface area contributed by atoms with Gasteiger partial charge < -0.3 is 14.2 Å². The monoisotopic (exact) mass is 280 g/mol. The van der Waals surface area contributed by atoms with Crippen molar-refractivity contribution in [3.8, 4) is 5.75 Å². The van der Waals surface area contributed by atoms with E-state index in [1.807, 2.05) is 13.8 Å². The third kappa shape index (κ3) is 3.53. The highest BCUT2D eigenvalue weighted by Crippen LogP contribution is 2.39. The van der Waals surface area contributed by atoms with Crippen LogP contribution in [0.5, 0.6) is 5.75 Å². The van der Waals surface area contributed by atoms with Crippen molar-refractivity contribution in [1.29, 1.82) is 0 Å². The van der Waals surface area contributed by atoms with Gasteiger partial charge in [0, 0.05) is 25.3 Å². The number of hydrogen-bond acceptors (Lipinski definition) is 3. The van der Waals surface area contributed by atoms with Crippen molar-refractivity contribution in [3.05, 3.63) is 28.8 Å². The average Bonchev–Trinajstić information content (AvgIpc) is 2.42. The van der Waals surface area contributed by atoms with Crippen LogP contribution >= 0.6 is 0 Å². The summed E-state index contributed by atoms with van der Waals surface area (Å²) in [5.41, 5.74) is 3.47. The summed E-state index contributed by atoms with van der Waals surface area (Å²) >= 11 is 0. The third-order valence-corrected chi connectivity index (χ3v) is 3.80. The minimum Gasteiger partial charge on any atom is -0.496 e. The lowest BCUT2D eigenvalue weighted by Gasteiger charge is -2.26. The van der Waals surface area contributed by atoms with Gasteiger partial charge in [-0.2, -0.15) is 0 Å². The van der Waals surface area contributed by atoms with E-state index in [-0.39, 0.29) is 17.6 Å². The summed E-state index contributed by atoms with van der Waals surface area (Å²) in [6.45, 7) is 10.7. The molecule has 0 fully saturated rings. The van der Waals surface area contributed by atoms with E-state index in [0.717, 1.165) is 16.9 Å². The number of ether oxygens (including phenoxy) is 3. The van der Waals surface area contributed by atoms with E-state index < -0.39 is 0 Å². The van der Waals surface area contributed by atoms with Gasteiger partial charge in [-0.25, -0.2) is 0 Å². The molecule has 0 saturated carbocycles. The molecule has 114 valence electrons. The molecule has 1 rings (SSSR count). The maximum absolute atomic E-state index is 5.63. The summed E-state index contributed by atoms with van der Waals surface area (Å²) in [5.74, 6) is 0.863. The molecule has 0 aliphatic rings. The smallest absolute Gasteiger partial charge is 0.130 e. The minimum atomic E-state index is -0.0185. The van der Waals surface area contributed by atoms with Crippen LogP contribution in [0.1, 0.15) is 63.5 Å². The van der Waals surface area contributed by atoms with Crippen molar-refractivity contribution < 1.29 is 14.2 Å². The van der Waals surface area contributed by atoms with Gasteiger partial charge in [0.05, 0.1) is 19.3 Å². The molecule has 0 radical (unpaired) electrons. The Balaban J connectivity index is 3.55. The SMILES string of the molecule is COc1c(C(C)OC)cc(C(C)(C)C)cc1C(C)OC. The Morgan fingerprint density at radius 3 is 1.50 bits per heavy atom. The molecule has 0 spiro atoms. The van der Waals surface area contributed by atoms with Gasteiger partial charge in [0.25, 0.3) is 0 Å². The lowest BCUT2D eigenvalue weighted by atomic mass is 9.83. The van der Waals surface area contributed by atoms with Crippen molar-refractivity contribution in [1.82, 2.24) is 0 Å². The molecule has 0 heterocycles. The lowest BCUT2D eigenvalue weighted by molar-refractivity contribution is 0.109. The Morgan fingerprint density at radius 2 is 1.25 bits per heavy atom. The molecule has 2 atom stereocenters. The first-order chi connectivity index (χ1) is 9.26. The second-order valence-corrected chi connectivity index (χ2v) is 6.19. The highest BCUT2D eigenvalue weighted by Gasteiger charge is 2.24. The molecule has 0 aliphatic heterocycles. The van der Waals surface area contributed by atoms with Crippen LogP contribution in [0.3, 0.4) is 0 Å². The first-order valence-electron chi connectivity index (χ1n) is 7.04. The van der Waals surface area contributed by atoms with E-state index in [9.17, 15) is 0 Å². The molecule has 1 aromatic rings. The predicted octanol–water partition coefficient (Wildman–Crippen LogP) is 4.41. The fourth-order valence-corrected chi connectivity index (χ4v) is 2.20. The van der Waals surface area contributed by atoms with Crippen molar-refractivity contribution >= 4 is 0 Å². The maximum atomic E-state index is 5.63. The van der Waals surface area contributed by atoms with Crippen LogP contribution in [0.2, 0.25) is 0 Å². The highest BCUT2D eigenvalue weighted by atomic mass is 16.5. The van der Waals surface area contributed by atoms with Crippen LogP contribution in [0.4, 0.5) is 0 Å². The van der Waals surface area contributed by atoms with Gasteiger partial charge in [-0.1, -0.05) is 20.8 Å². The van der Waals surface area contributed by atoms with Crippen LogP contribution in [0.15, 0.2) is 12.1 Å².